The van der Waals surface area contributed by atoms with Crippen molar-refractivity contribution in [3.63, 3.8) is 0 Å². The molecule has 0 radical (unpaired) electrons. The Balaban J connectivity index is 1.93. The number of fused-ring (bicyclic) bond motifs is 1. The van der Waals surface area contributed by atoms with Crippen LogP contribution in [-0.4, -0.2) is 36.5 Å². The summed E-state index contributed by atoms with van der Waals surface area (Å²) >= 11 is 0. The summed E-state index contributed by atoms with van der Waals surface area (Å²) in [7, 11) is 0. The fourth-order valence-electron chi connectivity index (χ4n) is 3.23. The number of aliphatic hydroxyl groups excluding tert-OH is 1. The monoisotopic (exact) mass is 213 g/mol. The molecule has 0 amide bonds. The topological polar surface area (TPSA) is 41.5 Å². The largest absolute Gasteiger partial charge is 0.392 e. The molecule has 88 valence electrons. The fraction of sp³-hybridized carbons (Fsp3) is 1.00. The zero-order valence-corrected chi connectivity index (χ0v) is 9.99. The van der Waals surface area contributed by atoms with Gasteiger partial charge >= 0.3 is 0 Å². The van der Waals surface area contributed by atoms with Crippen molar-refractivity contribution in [2.24, 2.45) is 11.3 Å². The molecule has 0 aromatic heterocycles. The summed E-state index contributed by atoms with van der Waals surface area (Å²) in [4.78, 5) is 0. The lowest BCUT2D eigenvalue weighted by molar-refractivity contribution is -0.193. The Morgan fingerprint density at radius 1 is 1.53 bits per heavy atom. The van der Waals surface area contributed by atoms with Crippen LogP contribution in [0.25, 0.3) is 0 Å². The lowest BCUT2D eigenvalue weighted by Crippen LogP contribution is -2.69. The second-order valence-corrected chi connectivity index (χ2v) is 5.65. The first-order valence-corrected chi connectivity index (χ1v) is 6.06. The van der Waals surface area contributed by atoms with Crippen LogP contribution in [0.4, 0.5) is 0 Å². The van der Waals surface area contributed by atoms with Gasteiger partial charge in [0, 0.05) is 30.5 Å². The Bertz CT molecular complexity index is 228. The van der Waals surface area contributed by atoms with E-state index in [0.717, 1.165) is 6.61 Å². The van der Waals surface area contributed by atoms with Crippen LogP contribution in [0.2, 0.25) is 0 Å². The van der Waals surface area contributed by atoms with Gasteiger partial charge in [-0.25, -0.2) is 0 Å². The zero-order chi connectivity index (χ0) is 11.1. The number of rotatable bonds is 3. The van der Waals surface area contributed by atoms with Crippen molar-refractivity contribution in [2.45, 2.75) is 51.9 Å². The summed E-state index contributed by atoms with van der Waals surface area (Å²) in [6, 6.07) is 0.511. The van der Waals surface area contributed by atoms with Crippen LogP contribution >= 0.6 is 0 Å². The highest BCUT2D eigenvalue weighted by Gasteiger charge is 2.57. The normalized spacial score (nSPS) is 40.4. The zero-order valence-electron chi connectivity index (χ0n) is 9.99. The van der Waals surface area contributed by atoms with Gasteiger partial charge in [0.05, 0.1) is 12.2 Å². The van der Waals surface area contributed by atoms with Crippen molar-refractivity contribution in [3.8, 4) is 0 Å². The Labute approximate surface area is 92.2 Å². The highest BCUT2D eigenvalue weighted by Crippen LogP contribution is 2.51. The minimum absolute atomic E-state index is 0.222. The van der Waals surface area contributed by atoms with Crippen molar-refractivity contribution < 1.29 is 9.84 Å². The van der Waals surface area contributed by atoms with Crippen molar-refractivity contribution in [3.05, 3.63) is 0 Å². The molecule has 3 unspecified atom stereocenters. The van der Waals surface area contributed by atoms with E-state index in [2.05, 4.69) is 19.2 Å². The fourth-order valence-corrected chi connectivity index (χ4v) is 3.23. The molecule has 4 atom stereocenters. The van der Waals surface area contributed by atoms with Gasteiger partial charge in [0.25, 0.3) is 0 Å². The highest BCUT2D eigenvalue weighted by molar-refractivity contribution is 5.10. The van der Waals surface area contributed by atoms with Crippen LogP contribution in [0.5, 0.6) is 0 Å². The van der Waals surface area contributed by atoms with Crippen LogP contribution in [0.1, 0.15) is 33.6 Å². The minimum atomic E-state index is -0.260. The molecule has 0 aromatic carbocycles. The highest BCUT2D eigenvalue weighted by atomic mass is 16.5. The smallest absolute Gasteiger partial charge is 0.0684 e. The van der Waals surface area contributed by atoms with E-state index >= 15 is 0 Å². The summed E-state index contributed by atoms with van der Waals surface area (Å²) in [6.45, 7) is 7.97. The summed E-state index contributed by atoms with van der Waals surface area (Å²) in [6.07, 6.45) is 2.62. The number of hydrogen-bond acceptors (Lipinski definition) is 3. The summed E-state index contributed by atoms with van der Waals surface area (Å²) < 4.78 is 5.83. The third-order valence-electron chi connectivity index (χ3n) is 3.96. The van der Waals surface area contributed by atoms with Crippen LogP contribution in [0, 0.1) is 11.3 Å². The van der Waals surface area contributed by atoms with Gasteiger partial charge in [-0.1, -0.05) is 13.8 Å². The first-order valence-electron chi connectivity index (χ1n) is 6.06. The average molecular weight is 213 g/mol. The maximum absolute atomic E-state index is 9.29. The Morgan fingerprint density at radius 2 is 2.27 bits per heavy atom. The molecule has 2 rings (SSSR count). The lowest BCUT2D eigenvalue weighted by atomic mass is 9.55. The predicted molar refractivity (Wildman–Crippen MR) is 59.7 cm³/mol. The number of hydrogen-bond donors (Lipinski definition) is 2. The van der Waals surface area contributed by atoms with Gasteiger partial charge in [-0.15, -0.1) is 0 Å². The van der Waals surface area contributed by atoms with E-state index in [1.54, 1.807) is 0 Å². The van der Waals surface area contributed by atoms with Crippen LogP contribution in [-0.2, 0) is 4.74 Å². The van der Waals surface area contributed by atoms with Gasteiger partial charge in [-0.3, -0.25) is 0 Å². The van der Waals surface area contributed by atoms with Gasteiger partial charge in [0.15, 0.2) is 0 Å². The third kappa shape index (κ3) is 1.93. The average Bonchev–Trinajstić information content (AvgIpc) is 2.17. The maximum Gasteiger partial charge on any atom is 0.0684 e. The number of aliphatic hydroxyl groups is 1. The van der Waals surface area contributed by atoms with Crippen molar-refractivity contribution in [1.29, 1.82) is 0 Å². The Morgan fingerprint density at radius 3 is 2.93 bits per heavy atom. The number of nitrogens with one attached hydrogen (secondary N) is 1. The van der Waals surface area contributed by atoms with Crippen LogP contribution in [0.3, 0.4) is 0 Å². The van der Waals surface area contributed by atoms with Gasteiger partial charge in [0.1, 0.15) is 0 Å². The Kier molecular flexibility index (Phi) is 3.06. The van der Waals surface area contributed by atoms with E-state index in [4.69, 9.17) is 4.74 Å². The maximum atomic E-state index is 9.29. The second kappa shape index (κ2) is 4.04. The summed E-state index contributed by atoms with van der Waals surface area (Å²) in [5.74, 6) is 0.660. The van der Waals surface area contributed by atoms with E-state index < -0.39 is 0 Å². The molecule has 1 saturated heterocycles. The molecule has 1 saturated carbocycles. The molecule has 3 nitrogen and oxygen atoms in total. The van der Waals surface area contributed by atoms with E-state index in [1.165, 1.54) is 12.8 Å². The molecular weight excluding hydrogens is 190 g/mol. The molecule has 3 heteroatoms. The molecule has 0 spiro atoms. The van der Waals surface area contributed by atoms with E-state index in [-0.39, 0.29) is 11.5 Å². The van der Waals surface area contributed by atoms with Crippen molar-refractivity contribution >= 4 is 0 Å². The number of ether oxygens (including phenoxy) is 1. The Hall–Kier alpha value is -0.120. The van der Waals surface area contributed by atoms with E-state index in [1.807, 2.05) is 6.92 Å². The first-order chi connectivity index (χ1) is 7.03. The molecule has 1 aliphatic heterocycles. The second-order valence-electron chi connectivity index (χ2n) is 5.65. The van der Waals surface area contributed by atoms with E-state index in [9.17, 15) is 5.11 Å². The van der Waals surface area contributed by atoms with Gasteiger partial charge in [-0.2, -0.15) is 0 Å². The standard InChI is InChI=1S/C12H23NO2/c1-8(14)7-13-10-9-5-4-6-15-11(9)12(10,2)3/h8-11,13-14H,4-7H2,1-3H3/t8-,9?,10?,11?/m0/s1. The summed E-state index contributed by atoms with van der Waals surface area (Å²) in [5.41, 5.74) is 0.222. The lowest BCUT2D eigenvalue weighted by Gasteiger charge is -2.60. The van der Waals surface area contributed by atoms with Crippen molar-refractivity contribution in [2.75, 3.05) is 13.2 Å². The van der Waals surface area contributed by atoms with Gasteiger partial charge < -0.3 is 15.2 Å². The molecular formula is C12H23NO2. The van der Waals surface area contributed by atoms with Crippen LogP contribution in [0.15, 0.2) is 0 Å². The van der Waals surface area contributed by atoms with Crippen molar-refractivity contribution in [1.82, 2.24) is 5.32 Å². The summed E-state index contributed by atoms with van der Waals surface area (Å²) in [5, 5.41) is 12.8. The molecule has 0 bridgehead atoms. The molecule has 2 aliphatic rings. The predicted octanol–water partition coefficient (Wildman–Crippen LogP) is 1.16. The van der Waals surface area contributed by atoms with E-state index in [0.29, 0.717) is 24.6 Å². The first kappa shape index (κ1) is 11.4. The van der Waals surface area contributed by atoms with Gasteiger partial charge in [-0.05, 0) is 19.8 Å². The molecule has 0 aromatic rings. The molecule has 1 heterocycles. The molecule has 1 aliphatic carbocycles. The minimum Gasteiger partial charge on any atom is -0.392 e. The SMILES string of the molecule is C[C@H](O)CNC1C2CCCOC2C1(C)C. The third-order valence-corrected chi connectivity index (χ3v) is 3.96. The quantitative estimate of drug-likeness (QED) is 0.739. The van der Waals surface area contributed by atoms with Gasteiger partial charge in [0.2, 0.25) is 0 Å². The molecule has 15 heavy (non-hydrogen) atoms. The van der Waals surface area contributed by atoms with Crippen LogP contribution < -0.4 is 5.32 Å². The molecule has 2 N–H and O–H groups in total. The molecule has 2 fully saturated rings.